The molecular weight excluding hydrogens is 721 g/mol. The van der Waals surface area contributed by atoms with E-state index in [1.807, 2.05) is 18.6 Å². The van der Waals surface area contributed by atoms with Crippen molar-refractivity contribution in [1.82, 2.24) is 19.1 Å². The fourth-order valence-electron chi connectivity index (χ4n) is 8.98. The van der Waals surface area contributed by atoms with Gasteiger partial charge in [-0.15, -0.1) is 0 Å². The summed E-state index contributed by atoms with van der Waals surface area (Å²) in [5.41, 5.74) is 6.70. The molecule has 4 nitrogen and oxygen atoms in total. The van der Waals surface area contributed by atoms with Gasteiger partial charge in [-0.25, -0.2) is 9.97 Å². The zero-order valence-electron chi connectivity index (χ0n) is 32.6. The van der Waals surface area contributed by atoms with E-state index in [1.165, 1.54) is 42.6 Å². The van der Waals surface area contributed by atoms with E-state index in [2.05, 4.69) is 223 Å². The minimum atomic E-state index is -2.99. The van der Waals surface area contributed by atoms with Crippen molar-refractivity contribution in [3.05, 3.63) is 230 Å². The lowest BCUT2D eigenvalue weighted by molar-refractivity contribution is 0.639. The summed E-state index contributed by atoms with van der Waals surface area (Å²) in [6, 6.07) is 73.0. The van der Waals surface area contributed by atoms with Crippen molar-refractivity contribution in [3.63, 3.8) is 0 Å². The summed E-state index contributed by atoms with van der Waals surface area (Å²) in [5, 5.41) is 7.63. The third-order valence-electron chi connectivity index (χ3n) is 11.9. The van der Waals surface area contributed by atoms with E-state index in [0.717, 1.165) is 33.9 Å². The van der Waals surface area contributed by atoms with Gasteiger partial charge >= 0.3 is 0 Å². The second-order valence-corrected chi connectivity index (χ2v) is 19.3. The molecule has 0 aliphatic carbocycles. The Kier molecular flexibility index (Phi) is 8.80. The van der Waals surface area contributed by atoms with Gasteiger partial charge in [0.25, 0.3) is 0 Å². The molecule has 0 atom stereocenters. The number of hydrogen-bond donors (Lipinski definition) is 0. The summed E-state index contributed by atoms with van der Waals surface area (Å²) in [6.45, 7) is 4.59. The molecule has 0 amide bonds. The summed E-state index contributed by atoms with van der Waals surface area (Å²) in [5.74, 6) is 1.82. The predicted molar refractivity (Wildman–Crippen MR) is 243 cm³/mol. The molecule has 0 spiro atoms. The first-order valence-corrected chi connectivity index (χ1v) is 21.9. The van der Waals surface area contributed by atoms with Gasteiger partial charge in [0.1, 0.15) is 11.6 Å². The first-order valence-electron chi connectivity index (χ1n) is 19.9. The maximum Gasteiger partial charge on any atom is 0.179 e. The molecule has 0 N–H and O–H groups in total. The number of nitrogens with zero attached hydrogens (tertiary/aromatic N) is 4. The number of rotatable bonds is 9. The third-order valence-corrected chi connectivity index (χ3v) is 16.7. The van der Waals surface area contributed by atoms with Crippen molar-refractivity contribution >= 4 is 50.6 Å². The molecule has 3 heterocycles. The van der Waals surface area contributed by atoms with E-state index in [9.17, 15) is 0 Å². The van der Waals surface area contributed by atoms with E-state index < -0.39 is 8.07 Å². The number of hydrogen-bond acceptors (Lipinski definition) is 2. The quantitative estimate of drug-likeness (QED) is 0.109. The maximum atomic E-state index is 5.09. The summed E-state index contributed by atoms with van der Waals surface area (Å²) < 4.78 is 4.55. The number of fused-ring (bicyclic) bond motifs is 3. The molecule has 10 rings (SSSR count). The highest BCUT2D eigenvalue weighted by Gasteiger charge is 2.42. The Morgan fingerprint density at radius 1 is 0.448 bits per heavy atom. The van der Waals surface area contributed by atoms with Gasteiger partial charge in [0.2, 0.25) is 0 Å². The van der Waals surface area contributed by atoms with Crippen LogP contribution < -0.4 is 20.7 Å². The normalized spacial score (nSPS) is 12.0. The van der Waals surface area contributed by atoms with Crippen LogP contribution in [0.1, 0.15) is 25.0 Å². The summed E-state index contributed by atoms with van der Waals surface area (Å²) >= 11 is 0. The number of pyridine rings is 1. The monoisotopic (exact) mass is 762 g/mol. The molecule has 0 aliphatic heterocycles. The molecule has 58 heavy (non-hydrogen) atoms. The van der Waals surface area contributed by atoms with Crippen LogP contribution in [0.25, 0.3) is 44.7 Å². The highest BCUT2D eigenvalue weighted by atomic mass is 28.3. The molecule has 0 radical (unpaired) electrons. The molecule has 7 aromatic carbocycles. The Balaban J connectivity index is 1.24. The Bertz CT molecular complexity index is 2980. The molecule has 0 saturated heterocycles. The molecule has 278 valence electrons. The van der Waals surface area contributed by atoms with Gasteiger partial charge in [-0.2, -0.15) is 0 Å². The molecule has 10 aromatic rings. The molecule has 0 unspecified atom stereocenters. The summed E-state index contributed by atoms with van der Waals surface area (Å²) in [7, 11) is -2.99. The van der Waals surface area contributed by atoms with Crippen LogP contribution >= 0.6 is 0 Å². The average molecular weight is 763 g/mol. The van der Waals surface area contributed by atoms with Gasteiger partial charge in [0, 0.05) is 46.0 Å². The lowest BCUT2D eigenvalue weighted by Gasteiger charge is -2.35. The first-order chi connectivity index (χ1) is 28.5. The largest absolute Gasteiger partial charge is 0.300 e. The van der Waals surface area contributed by atoms with E-state index in [-0.39, 0.29) is 5.41 Å². The van der Waals surface area contributed by atoms with Crippen molar-refractivity contribution in [2.24, 2.45) is 0 Å². The number of aromatic nitrogens is 4. The van der Waals surface area contributed by atoms with Crippen molar-refractivity contribution in [1.29, 1.82) is 0 Å². The van der Waals surface area contributed by atoms with Crippen LogP contribution in [0.15, 0.2) is 219 Å². The summed E-state index contributed by atoms with van der Waals surface area (Å²) in [4.78, 5) is 10.0. The molecule has 0 aliphatic rings. The lowest BCUT2D eigenvalue weighted by atomic mass is 9.78. The fourth-order valence-corrected chi connectivity index (χ4v) is 13.8. The maximum absolute atomic E-state index is 5.09. The summed E-state index contributed by atoms with van der Waals surface area (Å²) in [6.07, 6.45) is 5.91. The van der Waals surface area contributed by atoms with Gasteiger partial charge in [0.15, 0.2) is 8.07 Å². The topological polar surface area (TPSA) is 35.6 Å². The minimum Gasteiger partial charge on any atom is -0.300 e. The van der Waals surface area contributed by atoms with Crippen LogP contribution in [0.3, 0.4) is 0 Å². The van der Waals surface area contributed by atoms with Crippen molar-refractivity contribution < 1.29 is 0 Å². The van der Waals surface area contributed by atoms with Crippen molar-refractivity contribution in [2.45, 2.75) is 19.3 Å². The van der Waals surface area contributed by atoms with Gasteiger partial charge in [-0.05, 0) is 68.3 Å². The van der Waals surface area contributed by atoms with Gasteiger partial charge < -0.3 is 0 Å². The van der Waals surface area contributed by atoms with E-state index in [4.69, 9.17) is 9.97 Å². The van der Waals surface area contributed by atoms with Crippen molar-refractivity contribution in [2.75, 3.05) is 0 Å². The van der Waals surface area contributed by atoms with Crippen LogP contribution in [0.4, 0.5) is 0 Å². The van der Waals surface area contributed by atoms with E-state index in [0.29, 0.717) is 0 Å². The highest BCUT2D eigenvalue weighted by molar-refractivity contribution is 7.20. The minimum absolute atomic E-state index is 0.216. The Hall–Kier alpha value is -7.08. The number of para-hydroxylation sites is 2. The fraction of sp³-hybridized carbons (Fsp3) is 0.0566. The van der Waals surface area contributed by atoms with Gasteiger partial charge in [-0.3, -0.25) is 9.13 Å². The molecule has 0 fully saturated rings. The average Bonchev–Trinajstić information content (AvgIpc) is 3.92. The number of imidazole rings is 1. The van der Waals surface area contributed by atoms with Crippen LogP contribution in [-0.4, -0.2) is 27.2 Å². The smallest absolute Gasteiger partial charge is 0.179 e. The second kappa shape index (κ2) is 14.5. The molecule has 0 bridgehead atoms. The number of benzene rings is 7. The highest BCUT2D eigenvalue weighted by Crippen LogP contribution is 2.35. The van der Waals surface area contributed by atoms with Crippen LogP contribution in [0.5, 0.6) is 0 Å². The van der Waals surface area contributed by atoms with E-state index in [1.54, 1.807) is 0 Å². The molecule has 5 heteroatoms. The van der Waals surface area contributed by atoms with Crippen LogP contribution in [0, 0.1) is 0 Å². The Morgan fingerprint density at radius 2 is 1.05 bits per heavy atom. The lowest BCUT2D eigenvalue weighted by Crippen LogP contribution is -2.74. The zero-order valence-corrected chi connectivity index (χ0v) is 33.6. The zero-order chi connectivity index (χ0) is 39.1. The van der Waals surface area contributed by atoms with Crippen molar-refractivity contribution in [3.8, 4) is 22.9 Å². The Morgan fingerprint density at radius 3 is 1.78 bits per heavy atom. The Labute approximate surface area is 340 Å². The molecule has 3 aromatic heterocycles. The second-order valence-electron chi connectivity index (χ2n) is 15.5. The van der Waals surface area contributed by atoms with Crippen LogP contribution in [-0.2, 0) is 5.41 Å². The molecule has 0 saturated carbocycles. The third kappa shape index (κ3) is 5.82. The predicted octanol–water partition coefficient (Wildman–Crippen LogP) is 9.73. The van der Waals surface area contributed by atoms with E-state index >= 15 is 0 Å². The first kappa shape index (κ1) is 35.3. The standard InChI is InChI=1S/C53H42N4Si/c1-53(2,40-19-7-3-8-20-40)41-32-33-54-51(37-41)57-49-29-16-15-28-47(49)48-31-30-46(38-50(48)57)58(43-23-11-5-12-24-43,44-25-13-6-14-26-44)45-27-17-18-39(36-45)52-55-34-35-56(52)42-21-9-4-10-22-42/h3-38H,1-2H3. The molecular formula is C53H42N4Si. The van der Waals surface area contributed by atoms with Gasteiger partial charge in [-0.1, -0.05) is 178 Å². The SMILES string of the molecule is CC(C)(c1ccccc1)c1ccnc(-n2c3ccccc3c3ccc([Si](c4ccccc4)(c4ccccc4)c4cccc(-c5nccn5-c5ccccc5)c4)cc32)c1. The van der Waals surface area contributed by atoms with Crippen LogP contribution in [0.2, 0.25) is 0 Å². The van der Waals surface area contributed by atoms with Gasteiger partial charge in [0.05, 0.1) is 11.0 Å².